The summed E-state index contributed by atoms with van der Waals surface area (Å²) in [7, 11) is 0. The van der Waals surface area contributed by atoms with Crippen molar-refractivity contribution in [3.8, 4) is 0 Å². The predicted molar refractivity (Wildman–Crippen MR) is 135 cm³/mol. The summed E-state index contributed by atoms with van der Waals surface area (Å²) in [5, 5.41) is 15.2. The summed E-state index contributed by atoms with van der Waals surface area (Å²) in [6, 6.07) is 6.34. The van der Waals surface area contributed by atoms with Gasteiger partial charge in [0.1, 0.15) is 0 Å². The van der Waals surface area contributed by atoms with Crippen molar-refractivity contribution in [2.45, 2.75) is 77.0 Å². The quantitative estimate of drug-likeness (QED) is 0.369. The molecule has 2 aliphatic heterocycles. The average Bonchev–Trinajstić information content (AvgIpc) is 3.09. The van der Waals surface area contributed by atoms with E-state index in [1.54, 1.807) is 30.0 Å². The van der Waals surface area contributed by atoms with E-state index in [1.165, 1.54) is 6.07 Å². The lowest BCUT2D eigenvalue weighted by molar-refractivity contribution is -0.385. The molecule has 2 unspecified atom stereocenters. The Bertz CT molecular complexity index is 872. The Hall–Kier alpha value is -2.13. The van der Waals surface area contributed by atoms with Gasteiger partial charge in [-0.05, 0) is 31.3 Å². The molecule has 0 bridgehead atoms. The number of piperidine rings is 1. The number of amides is 2. The van der Waals surface area contributed by atoms with Crippen LogP contribution in [0.15, 0.2) is 24.3 Å². The number of carbonyl (C=O) groups excluding carboxylic acids is 2. The number of rotatable bonds is 11. The Morgan fingerprint density at radius 3 is 2.62 bits per heavy atom. The molecule has 0 saturated carbocycles. The van der Waals surface area contributed by atoms with E-state index in [-0.39, 0.29) is 40.9 Å². The molecule has 3 rings (SSSR count). The maximum Gasteiger partial charge on any atom is 0.274 e. The number of hydrogen-bond acceptors (Lipinski definition) is 6. The number of benzene rings is 1. The van der Waals surface area contributed by atoms with Gasteiger partial charge in [0.15, 0.2) is 0 Å². The molecule has 2 atom stereocenters. The maximum atomic E-state index is 13.5. The van der Waals surface area contributed by atoms with Crippen LogP contribution in [0.3, 0.4) is 0 Å². The molecule has 0 radical (unpaired) electrons. The number of carbonyl (C=O) groups is 2. The fraction of sp³-hybridized carbons (Fsp3) is 0.680. The third-order valence-corrected chi connectivity index (χ3v) is 7.95. The van der Waals surface area contributed by atoms with E-state index in [0.29, 0.717) is 37.9 Å². The minimum atomic E-state index is -0.578. The highest BCUT2D eigenvalue weighted by molar-refractivity contribution is 7.98. The molecular formula is C25H38N4O4S. The maximum absolute atomic E-state index is 13.5. The molecule has 2 amide bonds. The highest BCUT2D eigenvalue weighted by atomic mass is 32.2. The second-order valence-corrected chi connectivity index (χ2v) is 10.4. The fourth-order valence-electron chi connectivity index (χ4n) is 5.24. The summed E-state index contributed by atoms with van der Waals surface area (Å²) in [5.74, 6) is 1.14. The van der Waals surface area contributed by atoms with Gasteiger partial charge in [0.25, 0.3) is 5.69 Å². The Kier molecular flexibility index (Phi) is 9.36. The summed E-state index contributed by atoms with van der Waals surface area (Å²) in [6.07, 6.45) is 7.90. The molecule has 2 saturated heterocycles. The van der Waals surface area contributed by atoms with Gasteiger partial charge in [-0.1, -0.05) is 44.9 Å². The highest BCUT2D eigenvalue weighted by Crippen LogP contribution is 2.36. The molecule has 2 heterocycles. The van der Waals surface area contributed by atoms with Crippen molar-refractivity contribution in [3.05, 3.63) is 39.9 Å². The molecule has 1 spiro atoms. The zero-order valence-electron chi connectivity index (χ0n) is 20.6. The first-order valence-corrected chi connectivity index (χ1v) is 13.9. The van der Waals surface area contributed by atoms with E-state index in [9.17, 15) is 19.7 Å². The van der Waals surface area contributed by atoms with Crippen molar-refractivity contribution in [1.29, 1.82) is 0 Å². The summed E-state index contributed by atoms with van der Waals surface area (Å²) in [5.41, 5.74) is -0.00445. The zero-order chi connectivity index (χ0) is 24.7. The number of unbranched alkanes of at least 4 members (excludes halogenated alkanes) is 1. The molecule has 9 heteroatoms. The van der Waals surface area contributed by atoms with Crippen LogP contribution in [0, 0.1) is 16.0 Å². The first-order valence-electron chi connectivity index (χ1n) is 12.5. The molecule has 34 heavy (non-hydrogen) atoms. The van der Waals surface area contributed by atoms with Crippen molar-refractivity contribution in [1.82, 2.24) is 15.1 Å². The van der Waals surface area contributed by atoms with Crippen LogP contribution in [0.1, 0.15) is 64.4 Å². The van der Waals surface area contributed by atoms with Crippen LogP contribution >= 0.6 is 11.8 Å². The predicted octanol–water partition coefficient (Wildman–Crippen LogP) is 4.18. The molecule has 1 N–H and O–H groups in total. The number of nitrogens with zero attached hydrogens (tertiary/aromatic N) is 3. The molecule has 2 fully saturated rings. The monoisotopic (exact) mass is 490 g/mol. The molecule has 0 aliphatic carbocycles. The largest absolute Gasteiger partial charge is 0.342 e. The SMILES string of the molecule is CCCCC(CC)C(=O)N1CCC2(CC1)NC(CCSC)C(=O)N2Cc1ccccc1[N+](=O)[O-]. The normalized spacial score (nSPS) is 20.7. The first-order chi connectivity index (χ1) is 16.4. The topological polar surface area (TPSA) is 95.8 Å². The molecule has 0 aromatic heterocycles. The second-order valence-electron chi connectivity index (χ2n) is 9.39. The van der Waals surface area contributed by atoms with E-state index in [2.05, 4.69) is 19.2 Å². The van der Waals surface area contributed by atoms with Crippen LogP contribution in [-0.2, 0) is 16.1 Å². The second kappa shape index (κ2) is 12.0. The summed E-state index contributed by atoms with van der Waals surface area (Å²) >= 11 is 1.70. The Morgan fingerprint density at radius 1 is 1.29 bits per heavy atom. The number of nitro groups is 1. The van der Waals surface area contributed by atoms with Gasteiger partial charge in [-0.15, -0.1) is 0 Å². The number of likely N-dealkylation sites (tertiary alicyclic amines) is 1. The number of hydrogen-bond donors (Lipinski definition) is 1. The molecular weight excluding hydrogens is 452 g/mol. The van der Waals surface area contributed by atoms with Gasteiger partial charge >= 0.3 is 0 Å². The smallest absolute Gasteiger partial charge is 0.274 e. The van der Waals surface area contributed by atoms with Gasteiger partial charge in [-0.3, -0.25) is 25.0 Å². The number of nitro benzene ring substituents is 1. The minimum Gasteiger partial charge on any atom is -0.342 e. The van der Waals surface area contributed by atoms with Crippen LogP contribution in [0.4, 0.5) is 5.69 Å². The van der Waals surface area contributed by atoms with E-state index in [4.69, 9.17) is 0 Å². The van der Waals surface area contributed by atoms with Crippen molar-refractivity contribution in [2.75, 3.05) is 25.1 Å². The fourth-order valence-corrected chi connectivity index (χ4v) is 5.71. The highest BCUT2D eigenvalue weighted by Gasteiger charge is 2.52. The Morgan fingerprint density at radius 2 is 2.00 bits per heavy atom. The number of thioether (sulfide) groups is 1. The number of nitrogens with one attached hydrogen (secondary N) is 1. The van der Waals surface area contributed by atoms with Crippen LogP contribution in [0.25, 0.3) is 0 Å². The van der Waals surface area contributed by atoms with Gasteiger partial charge in [-0.2, -0.15) is 11.8 Å². The first kappa shape index (κ1) is 26.5. The standard InChI is InChI=1S/C25H38N4O4S/c1-4-6-9-19(5-2)23(30)27-15-13-25(14-16-27)26-21(12-17-34-3)24(31)28(25)18-20-10-7-8-11-22(20)29(32)33/h7-8,10-11,19,21,26H,4-6,9,12-18H2,1-3H3. The Labute approximate surface area is 207 Å². The molecule has 1 aromatic rings. The number of para-hydroxylation sites is 1. The van der Waals surface area contributed by atoms with Crippen LogP contribution in [-0.4, -0.2) is 63.3 Å². The summed E-state index contributed by atoms with van der Waals surface area (Å²) in [4.78, 5) is 41.6. The van der Waals surface area contributed by atoms with Gasteiger partial charge in [0.05, 0.1) is 23.2 Å². The third-order valence-electron chi connectivity index (χ3n) is 7.30. The van der Waals surface area contributed by atoms with E-state index in [1.807, 2.05) is 16.1 Å². The van der Waals surface area contributed by atoms with Crippen LogP contribution in [0.2, 0.25) is 0 Å². The van der Waals surface area contributed by atoms with Gasteiger partial charge in [0, 0.05) is 43.5 Å². The van der Waals surface area contributed by atoms with Crippen molar-refractivity contribution in [3.63, 3.8) is 0 Å². The van der Waals surface area contributed by atoms with Gasteiger partial charge in [-0.25, -0.2) is 0 Å². The van der Waals surface area contributed by atoms with E-state index < -0.39 is 5.66 Å². The lowest BCUT2D eigenvalue weighted by atomic mass is 9.92. The summed E-state index contributed by atoms with van der Waals surface area (Å²) in [6.45, 7) is 5.59. The van der Waals surface area contributed by atoms with Gasteiger partial charge in [0.2, 0.25) is 11.8 Å². The molecule has 2 aliphatic rings. The van der Waals surface area contributed by atoms with E-state index >= 15 is 0 Å². The Balaban J connectivity index is 1.79. The van der Waals surface area contributed by atoms with Crippen molar-refractivity contribution >= 4 is 29.3 Å². The van der Waals surface area contributed by atoms with Crippen molar-refractivity contribution < 1.29 is 14.5 Å². The van der Waals surface area contributed by atoms with Crippen molar-refractivity contribution in [2.24, 2.45) is 5.92 Å². The average molecular weight is 491 g/mol. The van der Waals surface area contributed by atoms with Gasteiger partial charge < -0.3 is 9.80 Å². The lowest BCUT2D eigenvalue weighted by Gasteiger charge is -2.45. The van der Waals surface area contributed by atoms with Crippen LogP contribution < -0.4 is 5.32 Å². The lowest BCUT2D eigenvalue weighted by Crippen LogP contribution is -2.59. The van der Waals surface area contributed by atoms with E-state index in [0.717, 1.165) is 31.4 Å². The van der Waals surface area contributed by atoms with Crippen LogP contribution in [0.5, 0.6) is 0 Å². The third kappa shape index (κ3) is 5.74. The minimum absolute atomic E-state index is 0.00126. The molecule has 188 valence electrons. The molecule has 8 nitrogen and oxygen atoms in total. The summed E-state index contributed by atoms with van der Waals surface area (Å²) < 4.78 is 0. The zero-order valence-corrected chi connectivity index (χ0v) is 21.4. The molecule has 1 aromatic carbocycles.